The molecule has 0 amide bonds. The van der Waals surface area contributed by atoms with Crippen LogP contribution >= 0.6 is 0 Å². The van der Waals surface area contributed by atoms with Crippen molar-refractivity contribution in [3.63, 3.8) is 0 Å². The first-order chi connectivity index (χ1) is 11.7. The third-order valence-electron chi connectivity index (χ3n) is 4.72. The van der Waals surface area contributed by atoms with Gasteiger partial charge in [0.1, 0.15) is 0 Å². The molecule has 1 saturated heterocycles. The molecule has 2 aliphatic rings. The summed E-state index contributed by atoms with van der Waals surface area (Å²) in [6.45, 7) is 2.22. The number of halogens is 2. The average Bonchev–Trinajstić information content (AvgIpc) is 3.35. The van der Waals surface area contributed by atoms with Crippen molar-refractivity contribution < 1.29 is 13.3 Å². The number of aromatic nitrogens is 2. The molecular formula is C17H20F2N4O. The fourth-order valence-corrected chi connectivity index (χ4v) is 3.09. The highest BCUT2D eigenvalue weighted by atomic mass is 19.2. The Hall–Kier alpha value is -2.02. The lowest BCUT2D eigenvalue weighted by molar-refractivity contribution is 0.365. The van der Waals surface area contributed by atoms with Crippen molar-refractivity contribution in [1.82, 2.24) is 15.5 Å². The zero-order valence-corrected chi connectivity index (χ0v) is 13.3. The minimum absolute atomic E-state index is 0.370. The maximum Gasteiger partial charge on any atom is 0.229 e. The van der Waals surface area contributed by atoms with E-state index < -0.39 is 11.6 Å². The van der Waals surface area contributed by atoms with E-state index in [0.717, 1.165) is 50.4 Å². The molecule has 2 aromatic rings. The molecule has 0 bridgehead atoms. The van der Waals surface area contributed by atoms with Gasteiger partial charge in [0, 0.05) is 36.8 Å². The highest BCUT2D eigenvalue weighted by molar-refractivity contribution is 5.47. The Kier molecular flexibility index (Phi) is 4.18. The maximum atomic E-state index is 13.3. The van der Waals surface area contributed by atoms with Crippen molar-refractivity contribution in [1.29, 1.82) is 0 Å². The van der Waals surface area contributed by atoms with Crippen LogP contribution in [0.2, 0.25) is 0 Å². The van der Waals surface area contributed by atoms with Gasteiger partial charge in [0.05, 0.1) is 6.54 Å². The molecule has 1 saturated carbocycles. The van der Waals surface area contributed by atoms with E-state index in [1.54, 1.807) is 6.07 Å². The Morgan fingerprint density at radius 2 is 1.92 bits per heavy atom. The molecule has 1 aliphatic heterocycles. The molecule has 24 heavy (non-hydrogen) atoms. The summed E-state index contributed by atoms with van der Waals surface area (Å²) in [6, 6.07) is 4.45. The van der Waals surface area contributed by atoms with E-state index in [1.807, 2.05) is 0 Å². The van der Waals surface area contributed by atoms with Crippen molar-refractivity contribution in [2.45, 2.75) is 44.2 Å². The molecule has 2 heterocycles. The van der Waals surface area contributed by atoms with Crippen LogP contribution in [0.25, 0.3) is 0 Å². The first-order valence-electron chi connectivity index (χ1n) is 8.45. The molecule has 1 N–H and O–H groups in total. The van der Waals surface area contributed by atoms with Crippen LogP contribution in [0.15, 0.2) is 22.7 Å². The molecule has 0 radical (unpaired) electrons. The third kappa shape index (κ3) is 3.40. The Bertz CT molecular complexity index is 708. The van der Waals surface area contributed by atoms with Gasteiger partial charge in [-0.05, 0) is 37.8 Å². The van der Waals surface area contributed by atoms with Gasteiger partial charge >= 0.3 is 0 Å². The number of piperidine rings is 1. The van der Waals surface area contributed by atoms with E-state index in [1.165, 1.54) is 12.1 Å². The minimum Gasteiger partial charge on any atom is -0.371 e. The predicted molar refractivity (Wildman–Crippen MR) is 84.7 cm³/mol. The van der Waals surface area contributed by atoms with Crippen molar-refractivity contribution in [2.24, 2.45) is 0 Å². The second-order valence-electron chi connectivity index (χ2n) is 6.56. The van der Waals surface area contributed by atoms with Crippen LogP contribution in [-0.4, -0.2) is 29.3 Å². The standard InChI is InChI=1S/C17H20F2N4O/c18-14-4-3-13(9-15(14)19)23-7-5-12(6-8-23)20-10-16-21-17(24-22-16)11-1-2-11/h3-4,9,11-12,20H,1-2,5-8,10H2. The van der Waals surface area contributed by atoms with E-state index in [2.05, 4.69) is 20.4 Å². The molecular weight excluding hydrogens is 314 g/mol. The number of nitrogens with one attached hydrogen (secondary N) is 1. The minimum atomic E-state index is -0.805. The Morgan fingerprint density at radius 3 is 2.62 bits per heavy atom. The Morgan fingerprint density at radius 1 is 1.12 bits per heavy atom. The van der Waals surface area contributed by atoms with Crippen LogP contribution in [0.4, 0.5) is 14.5 Å². The van der Waals surface area contributed by atoms with Gasteiger partial charge in [-0.15, -0.1) is 0 Å². The quantitative estimate of drug-likeness (QED) is 0.911. The lowest BCUT2D eigenvalue weighted by Crippen LogP contribution is -2.42. The number of hydrogen-bond acceptors (Lipinski definition) is 5. The molecule has 4 rings (SSSR count). The fourth-order valence-electron chi connectivity index (χ4n) is 3.09. The maximum absolute atomic E-state index is 13.3. The van der Waals surface area contributed by atoms with E-state index in [-0.39, 0.29) is 0 Å². The molecule has 1 aromatic carbocycles. The monoisotopic (exact) mass is 334 g/mol. The highest BCUT2D eigenvalue weighted by Crippen LogP contribution is 2.38. The van der Waals surface area contributed by atoms with E-state index in [9.17, 15) is 8.78 Å². The molecule has 128 valence electrons. The average molecular weight is 334 g/mol. The third-order valence-corrected chi connectivity index (χ3v) is 4.72. The van der Waals surface area contributed by atoms with Crippen molar-refractivity contribution in [2.75, 3.05) is 18.0 Å². The fraction of sp³-hybridized carbons (Fsp3) is 0.529. The first kappa shape index (κ1) is 15.5. The smallest absolute Gasteiger partial charge is 0.229 e. The summed E-state index contributed by atoms with van der Waals surface area (Å²) in [5, 5.41) is 7.46. The molecule has 0 atom stereocenters. The van der Waals surface area contributed by atoms with Crippen LogP contribution < -0.4 is 10.2 Å². The second kappa shape index (κ2) is 6.47. The van der Waals surface area contributed by atoms with Gasteiger partial charge in [0.2, 0.25) is 5.89 Å². The Labute approximate surface area is 139 Å². The molecule has 1 aromatic heterocycles. The predicted octanol–water partition coefficient (Wildman–Crippen LogP) is 2.98. The normalized spacial score (nSPS) is 19.0. The van der Waals surface area contributed by atoms with Gasteiger partial charge in [-0.3, -0.25) is 0 Å². The van der Waals surface area contributed by atoms with Gasteiger partial charge in [0.15, 0.2) is 17.5 Å². The van der Waals surface area contributed by atoms with Gasteiger partial charge in [-0.1, -0.05) is 5.16 Å². The zero-order valence-electron chi connectivity index (χ0n) is 13.3. The highest BCUT2D eigenvalue weighted by Gasteiger charge is 2.29. The van der Waals surface area contributed by atoms with Crippen LogP contribution in [0.5, 0.6) is 0 Å². The lowest BCUT2D eigenvalue weighted by atomic mass is 10.0. The van der Waals surface area contributed by atoms with Gasteiger partial charge in [0.25, 0.3) is 0 Å². The number of benzene rings is 1. The summed E-state index contributed by atoms with van der Waals surface area (Å²) < 4.78 is 31.6. The van der Waals surface area contributed by atoms with E-state index >= 15 is 0 Å². The number of rotatable bonds is 5. The molecule has 2 fully saturated rings. The number of anilines is 1. The molecule has 0 unspecified atom stereocenters. The Balaban J connectivity index is 1.27. The molecule has 7 heteroatoms. The summed E-state index contributed by atoms with van der Waals surface area (Å²) in [7, 11) is 0. The second-order valence-corrected chi connectivity index (χ2v) is 6.56. The SMILES string of the molecule is Fc1ccc(N2CCC(NCc3noc(C4CC4)n3)CC2)cc1F. The van der Waals surface area contributed by atoms with Crippen LogP contribution in [0.3, 0.4) is 0 Å². The van der Waals surface area contributed by atoms with Crippen LogP contribution in [-0.2, 0) is 6.54 Å². The van der Waals surface area contributed by atoms with Gasteiger partial charge in [-0.25, -0.2) is 8.78 Å². The number of nitrogens with zero attached hydrogens (tertiary/aromatic N) is 3. The van der Waals surface area contributed by atoms with E-state index in [0.29, 0.717) is 24.3 Å². The number of hydrogen-bond donors (Lipinski definition) is 1. The first-order valence-corrected chi connectivity index (χ1v) is 8.45. The summed E-state index contributed by atoms with van der Waals surface area (Å²) in [6.07, 6.45) is 4.17. The molecule has 0 spiro atoms. The van der Waals surface area contributed by atoms with Crippen molar-refractivity contribution >= 4 is 5.69 Å². The largest absolute Gasteiger partial charge is 0.371 e. The molecule has 1 aliphatic carbocycles. The summed E-state index contributed by atoms with van der Waals surface area (Å²) in [5.74, 6) is 0.350. The van der Waals surface area contributed by atoms with Gasteiger partial charge in [-0.2, -0.15) is 4.98 Å². The van der Waals surface area contributed by atoms with Crippen LogP contribution in [0, 0.1) is 11.6 Å². The van der Waals surface area contributed by atoms with Gasteiger partial charge < -0.3 is 14.7 Å². The lowest BCUT2D eigenvalue weighted by Gasteiger charge is -2.34. The summed E-state index contributed by atoms with van der Waals surface area (Å²) >= 11 is 0. The van der Waals surface area contributed by atoms with Crippen molar-refractivity contribution in [3.05, 3.63) is 41.5 Å². The molecule has 5 nitrogen and oxygen atoms in total. The summed E-state index contributed by atoms with van der Waals surface area (Å²) in [4.78, 5) is 6.49. The van der Waals surface area contributed by atoms with Crippen LogP contribution in [0.1, 0.15) is 43.3 Å². The topological polar surface area (TPSA) is 54.2 Å². The van der Waals surface area contributed by atoms with E-state index in [4.69, 9.17) is 4.52 Å². The van der Waals surface area contributed by atoms with Crippen molar-refractivity contribution in [3.8, 4) is 0 Å². The zero-order chi connectivity index (χ0) is 16.5. The summed E-state index contributed by atoms with van der Waals surface area (Å²) in [5.41, 5.74) is 0.736.